The van der Waals surface area contributed by atoms with Crippen LogP contribution in [0.1, 0.15) is 21.8 Å². The van der Waals surface area contributed by atoms with E-state index in [2.05, 4.69) is 5.16 Å². The largest absolute Gasteiger partial charge is 0.493 e. The highest BCUT2D eigenvalue weighted by atomic mass is 16.5. The molecule has 0 N–H and O–H groups in total. The lowest BCUT2D eigenvalue weighted by Crippen LogP contribution is -2.30. The summed E-state index contributed by atoms with van der Waals surface area (Å²) in [6.07, 6.45) is 1.48. The fourth-order valence-corrected chi connectivity index (χ4v) is 3.50. The summed E-state index contributed by atoms with van der Waals surface area (Å²) in [7, 11) is 4.65. The van der Waals surface area contributed by atoms with Crippen molar-refractivity contribution in [3.63, 3.8) is 0 Å². The van der Waals surface area contributed by atoms with E-state index in [0.717, 1.165) is 5.56 Å². The quantitative estimate of drug-likeness (QED) is 0.363. The molecule has 8 nitrogen and oxygen atoms in total. The van der Waals surface area contributed by atoms with Gasteiger partial charge in [-0.15, -0.1) is 0 Å². The van der Waals surface area contributed by atoms with Crippen LogP contribution in [-0.4, -0.2) is 37.3 Å². The molecule has 0 fully saturated rings. The van der Waals surface area contributed by atoms with Gasteiger partial charge >= 0.3 is 0 Å². The molecule has 0 radical (unpaired) electrons. The summed E-state index contributed by atoms with van der Waals surface area (Å²) >= 11 is 0. The summed E-state index contributed by atoms with van der Waals surface area (Å²) in [4.78, 5) is 14.7. The van der Waals surface area contributed by atoms with E-state index < -0.39 is 0 Å². The molecule has 0 atom stereocenters. The fraction of sp³-hybridized carbons (Fsp3) is 0.200. The van der Waals surface area contributed by atoms with Crippen LogP contribution in [0.25, 0.3) is 11.3 Å². The number of nitrogens with zero attached hydrogens (tertiary/aromatic N) is 2. The molecule has 0 aliphatic carbocycles. The summed E-state index contributed by atoms with van der Waals surface area (Å²) in [6.45, 7) is 0.634. The van der Waals surface area contributed by atoms with Crippen LogP contribution in [0.2, 0.25) is 0 Å². The van der Waals surface area contributed by atoms with Gasteiger partial charge in [-0.1, -0.05) is 35.5 Å². The van der Waals surface area contributed by atoms with Crippen LogP contribution in [0.15, 0.2) is 75.9 Å². The van der Waals surface area contributed by atoms with Crippen molar-refractivity contribution in [3.05, 3.63) is 83.9 Å². The van der Waals surface area contributed by atoms with Crippen molar-refractivity contribution in [1.29, 1.82) is 0 Å². The molecule has 2 heterocycles. The molecular weight excluding hydrogens is 424 g/mol. The van der Waals surface area contributed by atoms with Gasteiger partial charge in [-0.25, -0.2) is 0 Å². The molecule has 0 saturated carbocycles. The van der Waals surface area contributed by atoms with E-state index in [4.69, 9.17) is 23.2 Å². The third-order valence-electron chi connectivity index (χ3n) is 5.10. The second-order valence-electron chi connectivity index (χ2n) is 7.22. The third kappa shape index (κ3) is 4.85. The normalized spacial score (nSPS) is 10.6. The van der Waals surface area contributed by atoms with Crippen LogP contribution in [0.3, 0.4) is 0 Å². The molecule has 170 valence electrons. The van der Waals surface area contributed by atoms with Crippen LogP contribution in [-0.2, 0) is 13.1 Å². The number of ether oxygens (including phenoxy) is 3. The highest BCUT2D eigenvalue weighted by molar-refractivity contribution is 5.91. The number of amides is 1. The van der Waals surface area contributed by atoms with Gasteiger partial charge < -0.3 is 28.1 Å². The SMILES string of the molecule is COc1cc(-c2cc(CN(Cc3ccccc3)C(=O)c3ccco3)no2)cc(OC)c1OC. The lowest BCUT2D eigenvalue weighted by Gasteiger charge is -2.20. The molecule has 4 rings (SSSR count). The Kier molecular flexibility index (Phi) is 6.64. The minimum Gasteiger partial charge on any atom is -0.493 e. The van der Waals surface area contributed by atoms with Crippen molar-refractivity contribution < 1.29 is 27.9 Å². The van der Waals surface area contributed by atoms with E-state index in [1.807, 2.05) is 30.3 Å². The highest BCUT2D eigenvalue weighted by Gasteiger charge is 2.22. The van der Waals surface area contributed by atoms with Crippen molar-refractivity contribution >= 4 is 5.91 Å². The Hall–Kier alpha value is -4.20. The molecule has 8 heteroatoms. The molecule has 33 heavy (non-hydrogen) atoms. The number of hydrogen-bond donors (Lipinski definition) is 0. The number of furan rings is 1. The first kappa shape index (κ1) is 22.0. The van der Waals surface area contributed by atoms with Crippen molar-refractivity contribution in [1.82, 2.24) is 10.1 Å². The first-order valence-electron chi connectivity index (χ1n) is 10.3. The first-order chi connectivity index (χ1) is 16.1. The Balaban J connectivity index is 1.61. The van der Waals surface area contributed by atoms with Gasteiger partial charge in [0, 0.05) is 18.2 Å². The minimum absolute atomic E-state index is 0.235. The summed E-state index contributed by atoms with van der Waals surface area (Å²) < 4.78 is 27.1. The summed E-state index contributed by atoms with van der Waals surface area (Å²) in [6, 6.07) is 18.4. The van der Waals surface area contributed by atoms with Crippen LogP contribution in [0, 0.1) is 0 Å². The van der Waals surface area contributed by atoms with E-state index in [-0.39, 0.29) is 18.2 Å². The fourth-order valence-electron chi connectivity index (χ4n) is 3.50. The van der Waals surface area contributed by atoms with Gasteiger partial charge in [-0.05, 0) is 29.8 Å². The zero-order valence-electron chi connectivity index (χ0n) is 18.6. The standard InChI is InChI=1S/C25H24N2O6/c1-29-22-12-18(13-23(30-2)24(22)31-3)21-14-19(26-33-21)16-27(15-17-8-5-4-6-9-17)25(28)20-10-7-11-32-20/h4-14H,15-16H2,1-3H3. The van der Waals surface area contributed by atoms with Crippen LogP contribution in [0.4, 0.5) is 0 Å². The number of methoxy groups -OCH3 is 3. The van der Waals surface area contributed by atoms with Crippen molar-refractivity contribution in [2.45, 2.75) is 13.1 Å². The molecule has 0 saturated heterocycles. The van der Waals surface area contributed by atoms with E-state index in [1.165, 1.54) is 6.26 Å². The van der Waals surface area contributed by atoms with Gasteiger partial charge in [0.15, 0.2) is 23.0 Å². The van der Waals surface area contributed by atoms with Gasteiger partial charge in [-0.3, -0.25) is 4.79 Å². The zero-order chi connectivity index (χ0) is 23.2. The molecule has 0 spiro atoms. The summed E-state index contributed by atoms with van der Waals surface area (Å²) in [5.41, 5.74) is 2.29. The Labute approximate surface area is 191 Å². The monoisotopic (exact) mass is 448 g/mol. The van der Waals surface area contributed by atoms with Crippen LogP contribution in [0.5, 0.6) is 17.2 Å². The van der Waals surface area contributed by atoms with E-state index >= 15 is 0 Å². The lowest BCUT2D eigenvalue weighted by atomic mass is 10.1. The second kappa shape index (κ2) is 9.95. The predicted molar refractivity (Wildman–Crippen MR) is 120 cm³/mol. The Bertz CT molecular complexity index is 1180. The Morgan fingerprint density at radius 3 is 2.24 bits per heavy atom. The van der Waals surface area contributed by atoms with Gasteiger partial charge in [-0.2, -0.15) is 0 Å². The van der Waals surface area contributed by atoms with Gasteiger partial charge in [0.05, 0.1) is 34.1 Å². The number of carbonyl (C=O) groups excluding carboxylic acids is 1. The predicted octanol–water partition coefficient (Wildman–Crippen LogP) is 4.80. The lowest BCUT2D eigenvalue weighted by molar-refractivity contribution is 0.0694. The average Bonchev–Trinajstić information content (AvgIpc) is 3.55. The third-order valence-corrected chi connectivity index (χ3v) is 5.10. The van der Waals surface area contributed by atoms with E-state index in [1.54, 1.807) is 56.6 Å². The first-order valence-corrected chi connectivity index (χ1v) is 10.3. The molecule has 4 aromatic rings. The molecule has 1 amide bonds. The van der Waals surface area contributed by atoms with Gasteiger partial charge in [0.2, 0.25) is 5.75 Å². The summed E-state index contributed by atoms with van der Waals surface area (Å²) in [5, 5.41) is 4.18. The topological polar surface area (TPSA) is 87.2 Å². The average molecular weight is 448 g/mol. The second-order valence-corrected chi connectivity index (χ2v) is 7.22. The number of hydrogen-bond acceptors (Lipinski definition) is 7. The van der Waals surface area contributed by atoms with Crippen molar-refractivity contribution in [3.8, 4) is 28.6 Å². The highest BCUT2D eigenvalue weighted by Crippen LogP contribution is 2.41. The number of rotatable bonds is 9. The van der Waals surface area contributed by atoms with Crippen LogP contribution >= 0.6 is 0 Å². The molecule has 0 aliphatic heterocycles. The number of benzene rings is 2. The van der Waals surface area contributed by atoms with E-state index in [9.17, 15) is 4.79 Å². The van der Waals surface area contributed by atoms with Gasteiger partial charge in [0.1, 0.15) is 5.69 Å². The molecule has 2 aromatic carbocycles. The summed E-state index contributed by atoms with van der Waals surface area (Å²) in [5.74, 6) is 2.03. The maximum atomic E-state index is 13.1. The molecule has 2 aromatic heterocycles. The van der Waals surface area contributed by atoms with E-state index in [0.29, 0.717) is 40.8 Å². The number of aromatic nitrogens is 1. The van der Waals surface area contributed by atoms with Gasteiger partial charge in [0.25, 0.3) is 5.91 Å². The Morgan fingerprint density at radius 1 is 0.909 bits per heavy atom. The maximum Gasteiger partial charge on any atom is 0.290 e. The molecule has 0 unspecified atom stereocenters. The Morgan fingerprint density at radius 2 is 1.64 bits per heavy atom. The zero-order valence-corrected chi connectivity index (χ0v) is 18.6. The van der Waals surface area contributed by atoms with Crippen molar-refractivity contribution in [2.24, 2.45) is 0 Å². The molecular formula is C25H24N2O6. The molecule has 0 bridgehead atoms. The number of carbonyl (C=O) groups is 1. The smallest absolute Gasteiger partial charge is 0.290 e. The van der Waals surface area contributed by atoms with Crippen LogP contribution < -0.4 is 14.2 Å². The molecule has 0 aliphatic rings. The maximum absolute atomic E-state index is 13.1. The minimum atomic E-state index is -0.235. The van der Waals surface area contributed by atoms with Crippen molar-refractivity contribution in [2.75, 3.05) is 21.3 Å².